The molecule has 1 unspecified atom stereocenters. The molecule has 1 aromatic heterocycles. The van der Waals surface area contributed by atoms with Gasteiger partial charge in [0.2, 0.25) is 0 Å². The minimum Gasteiger partial charge on any atom is -0.393 e. The topological polar surface area (TPSA) is 72.2 Å². The maximum absolute atomic E-state index is 11.4. The molecule has 0 bridgehead atoms. The zero-order valence-electron chi connectivity index (χ0n) is 12.9. The Morgan fingerprint density at radius 3 is 2.45 bits per heavy atom. The first-order valence-corrected chi connectivity index (χ1v) is 8.96. The Balaban J connectivity index is 2.38. The van der Waals surface area contributed by atoms with Crippen LogP contribution in [0.5, 0.6) is 0 Å². The van der Waals surface area contributed by atoms with E-state index in [1.165, 1.54) is 5.56 Å². The van der Waals surface area contributed by atoms with Crippen LogP contribution in [0.15, 0.2) is 0 Å². The summed E-state index contributed by atoms with van der Waals surface area (Å²) in [6, 6.07) is 0. The van der Waals surface area contributed by atoms with E-state index in [2.05, 4.69) is 5.10 Å². The summed E-state index contributed by atoms with van der Waals surface area (Å²) in [5.41, 5.74) is 3.32. The predicted octanol–water partition coefficient (Wildman–Crippen LogP) is 1.55. The van der Waals surface area contributed by atoms with Gasteiger partial charge in [-0.1, -0.05) is 6.92 Å². The summed E-state index contributed by atoms with van der Waals surface area (Å²) in [5, 5.41) is 14.3. The van der Waals surface area contributed by atoms with Crippen molar-refractivity contribution in [3.05, 3.63) is 17.0 Å². The Morgan fingerprint density at radius 1 is 1.30 bits per heavy atom. The number of sulfone groups is 1. The summed E-state index contributed by atoms with van der Waals surface area (Å²) >= 11 is 0. The molecule has 0 radical (unpaired) electrons. The van der Waals surface area contributed by atoms with Gasteiger partial charge in [0, 0.05) is 18.5 Å². The fourth-order valence-electron chi connectivity index (χ4n) is 2.32. The molecule has 0 aliphatic heterocycles. The molecular weight excluding hydrogens is 276 g/mol. The Hall–Kier alpha value is -0.880. The van der Waals surface area contributed by atoms with Crippen LogP contribution < -0.4 is 0 Å². The van der Waals surface area contributed by atoms with E-state index in [1.54, 1.807) is 6.92 Å². The van der Waals surface area contributed by atoms with Gasteiger partial charge in [-0.05, 0) is 45.1 Å². The van der Waals surface area contributed by atoms with Gasteiger partial charge in [-0.2, -0.15) is 5.10 Å². The van der Waals surface area contributed by atoms with Crippen molar-refractivity contribution in [1.29, 1.82) is 0 Å². The molecule has 0 aliphatic carbocycles. The highest BCUT2D eigenvalue weighted by molar-refractivity contribution is 7.91. The summed E-state index contributed by atoms with van der Waals surface area (Å²) in [4.78, 5) is 0. The van der Waals surface area contributed by atoms with Crippen molar-refractivity contribution in [3.8, 4) is 0 Å². The number of aliphatic hydroxyl groups is 1. The van der Waals surface area contributed by atoms with Crippen molar-refractivity contribution >= 4 is 9.84 Å². The van der Waals surface area contributed by atoms with Gasteiger partial charge in [0.15, 0.2) is 0 Å². The standard InChI is InChI=1S/C14H26N2O3S/c1-5-20(18,19)10-6-7-13(17)8-9-14-11(2)15-16(4)12(14)3/h13,17H,5-10H2,1-4H3. The second kappa shape index (κ2) is 7.22. The molecule has 1 rings (SSSR count). The van der Waals surface area contributed by atoms with E-state index >= 15 is 0 Å². The van der Waals surface area contributed by atoms with E-state index in [0.29, 0.717) is 19.3 Å². The van der Waals surface area contributed by atoms with E-state index in [4.69, 9.17) is 0 Å². The molecular formula is C14H26N2O3S. The number of rotatable bonds is 8. The fraction of sp³-hybridized carbons (Fsp3) is 0.786. The molecule has 1 aromatic rings. The average molecular weight is 302 g/mol. The molecule has 6 heteroatoms. The highest BCUT2D eigenvalue weighted by atomic mass is 32.2. The van der Waals surface area contributed by atoms with Crippen LogP contribution in [0.3, 0.4) is 0 Å². The maximum Gasteiger partial charge on any atom is 0.150 e. The highest BCUT2D eigenvalue weighted by Gasteiger charge is 2.13. The molecule has 0 spiro atoms. The summed E-state index contributed by atoms with van der Waals surface area (Å²) in [6.07, 6.45) is 2.06. The Kier molecular flexibility index (Phi) is 6.20. The van der Waals surface area contributed by atoms with Gasteiger partial charge < -0.3 is 5.11 Å². The minimum atomic E-state index is -2.92. The lowest BCUT2D eigenvalue weighted by atomic mass is 10.0. The van der Waals surface area contributed by atoms with Crippen molar-refractivity contribution < 1.29 is 13.5 Å². The van der Waals surface area contributed by atoms with Crippen molar-refractivity contribution in [2.75, 3.05) is 11.5 Å². The van der Waals surface area contributed by atoms with Crippen LogP contribution >= 0.6 is 0 Å². The van der Waals surface area contributed by atoms with Crippen molar-refractivity contribution in [2.45, 2.75) is 52.6 Å². The first-order chi connectivity index (χ1) is 9.26. The van der Waals surface area contributed by atoms with Crippen LogP contribution in [-0.2, 0) is 23.3 Å². The van der Waals surface area contributed by atoms with Crippen molar-refractivity contribution in [2.24, 2.45) is 7.05 Å². The first kappa shape index (κ1) is 17.2. The summed E-state index contributed by atoms with van der Waals surface area (Å²) in [5.74, 6) is 0.350. The van der Waals surface area contributed by atoms with Crippen molar-refractivity contribution in [1.82, 2.24) is 9.78 Å². The summed E-state index contributed by atoms with van der Waals surface area (Å²) < 4.78 is 24.6. The van der Waals surface area contributed by atoms with Crippen LogP contribution in [-0.4, -0.2) is 40.9 Å². The SMILES string of the molecule is CCS(=O)(=O)CCCC(O)CCc1c(C)nn(C)c1C. The average Bonchev–Trinajstić information content (AvgIpc) is 2.61. The molecule has 1 N–H and O–H groups in total. The van der Waals surface area contributed by atoms with Gasteiger partial charge in [-0.25, -0.2) is 8.42 Å². The Bertz CT molecular complexity index is 535. The molecule has 0 fully saturated rings. The number of nitrogens with zero attached hydrogens (tertiary/aromatic N) is 2. The van der Waals surface area contributed by atoms with E-state index in [9.17, 15) is 13.5 Å². The second-order valence-corrected chi connectivity index (χ2v) is 7.82. The maximum atomic E-state index is 11.4. The molecule has 20 heavy (non-hydrogen) atoms. The lowest BCUT2D eigenvalue weighted by Crippen LogP contribution is -2.13. The zero-order chi connectivity index (χ0) is 15.3. The molecule has 0 amide bonds. The summed E-state index contributed by atoms with van der Waals surface area (Å²) in [6.45, 7) is 5.65. The number of aliphatic hydroxyl groups excluding tert-OH is 1. The van der Waals surface area contributed by atoms with Crippen LogP contribution in [0, 0.1) is 13.8 Å². The fourth-order valence-corrected chi connectivity index (χ4v) is 3.21. The first-order valence-electron chi connectivity index (χ1n) is 7.14. The van der Waals surface area contributed by atoms with Gasteiger partial charge in [0.25, 0.3) is 0 Å². The second-order valence-electron chi connectivity index (χ2n) is 5.34. The van der Waals surface area contributed by atoms with Crippen LogP contribution in [0.4, 0.5) is 0 Å². The Morgan fingerprint density at radius 2 is 1.95 bits per heavy atom. The van der Waals surface area contributed by atoms with E-state index < -0.39 is 15.9 Å². The van der Waals surface area contributed by atoms with E-state index in [1.807, 2.05) is 25.6 Å². The number of aromatic nitrogens is 2. The van der Waals surface area contributed by atoms with Crippen LogP contribution in [0.25, 0.3) is 0 Å². The molecule has 0 aliphatic rings. The van der Waals surface area contributed by atoms with Gasteiger partial charge >= 0.3 is 0 Å². The third-order valence-corrected chi connectivity index (χ3v) is 5.61. The van der Waals surface area contributed by atoms with Gasteiger partial charge in [-0.3, -0.25) is 4.68 Å². The van der Waals surface area contributed by atoms with E-state index in [-0.39, 0.29) is 11.5 Å². The van der Waals surface area contributed by atoms with Gasteiger partial charge in [0.05, 0.1) is 17.6 Å². The highest BCUT2D eigenvalue weighted by Crippen LogP contribution is 2.16. The molecule has 0 saturated heterocycles. The molecule has 0 aromatic carbocycles. The van der Waals surface area contributed by atoms with E-state index in [0.717, 1.165) is 17.8 Å². The number of hydrogen-bond donors (Lipinski definition) is 1. The molecule has 1 heterocycles. The summed E-state index contributed by atoms with van der Waals surface area (Å²) in [7, 11) is -1.00. The quantitative estimate of drug-likeness (QED) is 0.791. The lowest BCUT2D eigenvalue weighted by molar-refractivity contribution is 0.154. The number of hydrogen-bond acceptors (Lipinski definition) is 4. The van der Waals surface area contributed by atoms with Gasteiger partial charge in [0.1, 0.15) is 9.84 Å². The lowest BCUT2D eigenvalue weighted by Gasteiger charge is -2.10. The monoisotopic (exact) mass is 302 g/mol. The van der Waals surface area contributed by atoms with Crippen LogP contribution in [0.1, 0.15) is 43.1 Å². The molecule has 5 nitrogen and oxygen atoms in total. The minimum absolute atomic E-state index is 0.172. The van der Waals surface area contributed by atoms with Gasteiger partial charge in [-0.15, -0.1) is 0 Å². The normalized spacial score (nSPS) is 13.7. The Labute approximate surface area is 121 Å². The largest absolute Gasteiger partial charge is 0.393 e. The molecule has 0 saturated carbocycles. The number of aryl methyl sites for hydroxylation is 2. The molecule has 116 valence electrons. The van der Waals surface area contributed by atoms with Crippen molar-refractivity contribution in [3.63, 3.8) is 0 Å². The third kappa shape index (κ3) is 4.90. The molecule has 1 atom stereocenters. The third-order valence-electron chi connectivity index (χ3n) is 3.82. The zero-order valence-corrected chi connectivity index (χ0v) is 13.7. The predicted molar refractivity (Wildman–Crippen MR) is 80.6 cm³/mol. The smallest absolute Gasteiger partial charge is 0.150 e. The van der Waals surface area contributed by atoms with Crippen LogP contribution in [0.2, 0.25) is 0 Å².